The molecular weight excluding hydrogens is 285 g/mol. The molecule has 0 fully saturated rings. The highest BCUT2D eigenvalue weighted by Gasteiger charge is 2.16. The monoisotopic (exact) mass is 301 g/mol. The highest BCUT2D eigenvalue weighted by molar-refractivity contribution is 5.91. The van der Waals surface area contributed by atoms with Gasteiger partial charge in [-0.25, -0.2) is 4.39 Å². The van der Waals surface area contributed by atoms with E-state index in [-0.39, 0.29) is 23.1 Å². The van der Waals surface area contributed by atoms with Crippen molar-refractivity contribution in [1.29, 1.82) is 0 Å². The molecule has 114 valence electrons. The van der Waals surface area contributed by atoms with Crippen LogP contribution in [0.5, 0.6) is 5.75 Å². The molecule has 0 unspecified atom stereocenters. The van der Waals surface area contributed by atoms with Crippen LogP contribution in [-0.4, -0.2) is 12.2 Å². The van der Waals surface area contributed by atoms with Crippen molar-refractivity contribution in [3.63, 3.8) is 0 Å². The van der Waals surface area contributed by atoms with Gasteiger partial charge in [0.25, 0.3) is 0 Å². The van der Waals surface area contributed by atoms with Crippen LogP contribution < -0.4 is 10.1 Å². The fourth-order valence-corrected chi connectivity index (χ4v) is 2.04. The Morgan fingerprint density at radius 1 is 1.27 bits per heavy atom. The number of benzene rings is 2. The Balaban J connectivity index is 2.37. The van der Waals surface area contributed by atoms with Crippen LogP contribution in [0.25, 0.3) is 0 Å². The van der Waals surface area contributed by atoms with Gasteiger partial charge in [0.2, 0.25) is 5.91 Å². The van der Waals surface area contributed by atoms with E-state index in [4.69, 9.17) is 4.74 Å². The van der Waals surface area contributed by atoms with Gasteiger partial charge in [-0.1, -0.05) is 30.3 Å². The Morgan fingerprint density at radius 3 is 2.55 bits per heavy atom. The smallest absolute Gasteiger partial charge is 0.221 e. The highest BCUT2D eigenvalue weighted by Crippen LogP contribution is 2.32. The summed E-state index contributed by atoms with van der Waals surface area (Å²) in [5.74, 6) is -1.02. The third-order valence-corrected chi connectivity index (χ3v) is 3.09. The summed E-state index contributed by atoms with van der Waals surface area (Å²) in [4.78, 5) is 22.1. The van der Waals surface area contributed by atoms with Gasteiger partial charge in [0.1, 0.15) is 23.8 Å². The molecule has 0 aromatic heterocycles. The van der Waals surface area contributed by atoms with Gasteiger partial charge in [-0.05, 0) is 24.6 Å². The van der Waals surface area contributed by atoms with E-state index in [0.717, 1.165) is 11.6 Å². The summed E-state index contributed by atoms with van der Waals surface area (Å²) < 4.78 is 19.8. The van der Waals surface area contributed by atoms with Gasteiger partial charge in [0.05, 0.1) is 0 Å². The Kier molecular flexibility index (Phi) is 4.88. The molecule has 1 N–H and O–H groups in total. The van der Waals surface area contributed by atoms with Crippen molar-refractivity contribution in [1.82, 2.24) is 0 Å². The van der Waals surface area contributed by atoms with E-state index in [1.54, 1.807) is 6.92 Å². The molecular formula is C17H16FNO3. The normalized spacial score (nSPS) is 11.6. The van der Waals surface area contributed by atoms with Gasteiger partial charge in [-0.15, -0.1) is 0 Å². The molecule has 2 rings (SSSR count). The van der Waals surface area contributed by atoms with Crippen molar-refractivity contribution in [2.24, 2.45) is 0 Å². The van der Waals surface area contributed by atoms with Crippen molar-refractivity contribution in [2.75, 3.05) is 5.32 Å². The average Bonchev–Trinajstić information content (AvgIpc) is 2.50. The third kappa shape index (κ3) is 3.69. The summed E-state index contributed by atoms with van der Waals surface area (Å²) in [6.45, 7) is 3.08. The second-order valence-electron chi connectivity index (χ2n) is 4.85. The summed E-state index contributed by atoms with van der Waals surface area (Å²) in [6.07, 6.45) is 0.163. The van der Waals surface area contributed by atoms with Crippen LogP contribution in [0.1, 0.15) is 35.9 Å². The molecule has 2 aromatic carbocycles. The van der Waals surface area contributed by atoms with E-state index in [9.17, 15) is 14.0 Å². The summed E-state index contributed by atoms with van der Waals surface area (Å²) in [5.41, 5.74) is 0.968. The van der Waals surface area contributed by atoms with Crippen molar-refractivity contribution in [3.8, 4) is 5.75 Å². The largest absolute Gasteiger partial charge is 0.484 e. The van der Waals surface area contributed by atoms with Gasteiger partial charge in [-0.3, -0.25) is 9.59 Å². The number of rotatable bonds is 5. The van der Waals surface area contributed by atoms with Gasteiger partial charge in [-0.2, -0.15) is 0 Å². The lowest BCUT2D eigenvalue weighted by Gasteiger charge is -2.18. The van der Waals surface area contributed by atoms with Crippen LogP contribution in [0.3, 0.4) is 0 Å². The van der Waals surface area contributed by atoms with Crippen LogP contribution in [0, 0.1) is 5.82 Å². The summed E-state index contributed by atoms with van der Waals surface area (Å²) in [5, 5.41) is 2.39. The van der Waals surface area contributed by atoms with Crippen LogP contribution in [0.2, 0.25) is 0 Å². The molecule has 0 heterocycles. The molecule has 0 radical (unpaired) electrons. The number of carbonyl (C=O) groups excluding carboxylic acids is 2. The zero-order valence-electron chi connectivity index (χ0n) is 12.3. The van der Waals surface area contributed by atoms with Gasteiger partial charge < -0.3 is 10.1 Å². The molecule has 0 saturated carbocycles. The number of anilines is 1. The zero-order chi connectivity index (χ0) is 16.1. The van der Waals surface area contributed by atoms with Crippen LogP contribution in [0.15, 0.2) is 42.5 Å². The minimum Gasteiger partial charge on any atom is -0.484 e. The number of hydrogen-bond donors (Lipinski definition) is 1. The fourth-order valence-electron chi connectivity index (χ4n) is 2.04. The first-order chi connectivity index (χ1) is 10.5. The van der Waals surface area contributed by atoms with E-state index >= 15 is 0 Å². The van der Waals surface area contributed by atoms with Gasteiger partial charge in [0.15, 0.2) is 5.82 Å². The van der Waals surface area contributed by atoms with Crippen LogP contribution >= 0.6 is 0 Å². The lowest BCUT2D eigenvalue weighted by atomic mass is 10.1. The standard InChI is InChI=1S/C17H16FNO3/c1-11(14-6-4-3-5-7-14)22-16-9-13(10-20)8-15(18)17(16)19-12(2)21/h3-11H,1-2H3,(H,19,21)/t11-/m0/s1. The van der Waals surface area contributed by atoms with Crippen LogP contribution in [0.4, 0.5) is 10.1 Å². The minimum atomic E-state index is -0.713. The molecule has 1 amide bonds. The first-order valence-electron chi connectivity index (χ1n) is 6.79. The molecule has 1 atom stereocenters. The fraction of sp³-hybridized carbons (Fsp3) is 0.176. The van der Waals surface area contributed by atoms with Crippen molar-refractivity contribution >= 4 is 17.9 Å². The lowest BCUT2D eigenvalue weighted by molar-refractivity contribution is -0.114. The summed E-state index contributed by atoms with van der Waals surface area (Å²) in [7, 11) is 0. The average molecular weight is 301 g/mol. The number of hydrogen-bond acceptors (Lipinski definition) is 3. The maximum Gasteiger partial charge on any atom is 0.221 e. The lowest BCUT2D eigenvalue weighted by Crippen LogP contribution is -2.12. The maximum atomic E-state index is 14.1. The Bertz CT molecular complexity index is 686. The number of ether oxygens (including phenoxy) is 1. The Hall–Kier alpha value is -2.69. The van der Waals surface area contributed by atoms with Gasteiger partial charge in [0, 0.05) is 12.5 Å². The number of carbonyl (C=O) groups is 2. The Morgan fingerprint density at radius 2 is 1.95 bits per heavy atom. The second kappa shape index (κ2) is 6.85. The Labute approximate surface area is 127 Å². The third-order valence-electron chi connectivity index (χ3n) is 3.09. The molecule has 4 nitrogen and oxygen atoms in total. The van der Waals surface area contributed by atoms with Crippen molar-refractivity contribution < 1.29 is 18.7 Å². The summed E-state index contributed by atoms with van der Waals surface area (Å²) in [6, 6.07) is 11.8. The molecule has 0 saturated heterocycles. The molecule has 22 heavy (non-hydrogen) atoms. The van der Waals surface area contributed by atoms with E-state index < -0.39 is 11.7 Å². The highest BCUT2D eigenvalue weighted by atomic mass is 19.1. The minimum absolute atomic E-state index is 0.0686. The van der Waals surface area contributed by atoms with Gasteiger partial charge >= 0.3 is 0 Å². The predicted octanol–water partition coefficient (Wildman–Crippen LogP) is 3.74. The maximum absolute atomic E-state index is 14.1. The predicted molar refractivity (Wildman–Crippen MR) is 81.6 cm³/mol. The number of aldehydes is 1. The van der Waals surface area contributed by atoms with Crippen molar-refractivity contribution in [2.45, 2.75) is 20.0 Å². The van der Waals surface area contributed by atoms with Crippen LogP contribution in [-0.2, 0) is 4.79 Å². The molecule has 0 aliphatic carbocycles. The molecule has 0 aliphatic rings. The van der Waals surface area contributed by atoms with E-state index in [0.29, 0.717) is 6.29 Å². The first kappa shape index (κ1) is 15.7. The summed E-state index contributed by atoms with van der Waals surface area (Å²) >= 11 is 0. The van der Waals surface area contributed by atoms with E-state index in [2.05, 4.69) is 5.32 Å². The molecule has 0 spiro atoms. The molecule has 2 aromatic rings. The number of amides is 1. The molecule has 0 bridgehead atoms. The zero-order valence-corrected chi connectivity index (χ0v) is 12.3. The van der Waals surface area contributed by atoms with Crippen molar-refractivity contribution in [3.05, 3.63) is 59.4 Å². The number of halogens is 1. The van der Waals surface area contributed by atoms with E-state index in [1.807, 2.05) is 30.3 Å². The topological polar surface area (TPSA) is 55.4 Å². The molecule has 0 aliphatic heterocycles. The first-order valence-corrected chi connectivity index (χ1v) is 6.79. The number of nitrogens with one attached hydrogen (secondary N) is 1. The molecule has 5 heteroatoms. The quantitative estimate of drug-likeness (QED) is 0.856. The van der Waals surface area contributed by atoms with E-state index in [1.165, 1.54) is 13.0 Å². The SMILES string of the molecule is CC(=O)Nc1c(F)cc(C=O)cc1O[C@@H](C)c1ccccc1. The second-order valence-corrected chi connectivity index (χ2v) is 4.85.